The molecule has 0 unspecified atom stereocenters. The topological polar surface area (TPSA) is 56.8 Å². The molecule has 0 spiro atoms. The first-order valence-electron chi connectivity index (χ1n) is 9.30. The van der Waals surface area contributed by atoms with Gasteiger partial charge in [0, 0.05) is 25.3 Å². The summed E-state index contributed by atoms with van der Waals surface area (Å²) in [6.07, 6.45) is 4.83. The van der Waals surface area contributed by atoms with Crippen LogP contribution in [0.25, 0.3) is 22.3 Å². The summed E-state index contributed by atoms with van der Waals surface area (Å²) < 4.78 is 0. The van der Waals surface area contributed by atoms with Crippen molar-refractivity contribution in [3.8, 4) is 11.3 Å². The summed E-state index contributed by atoms with van der Waals surface area (Å²) >= 11 is 0. The lowest BCUT2D eigenvalue weighted by Gasteiger charge is -2.28. The van der Waals surface area contributed by atoms with Gasteiger partial charge in [0.1, 0.15) is 5.52 Å². The summed E-state index contributed by atoms with van der Waals surface area (Å²) in [7, 11) is 0. The molecule has 0 saturated carbocycles. The van der Waals surface area contributed by atoms with Crippen LogP contribution >= 0.6 is 12.4 Å². The SMILES string of the molecule is CCCNc1nc(N2CCCCC2)c2[nH]c(-c3ccccc3)cc2n1.Cl. The molecule has 0 amide bonds. The van der Waals surface area contributed by atoms with Crippen LogP contribution < -0.4 is 10.2 Å². The second kappa shape index (κ2) is 8.41. The van der Waals surface area contributed by atoms with E-state index in [0.717, 1.165) is 54.5 Å². The Kier molecular flexibility index (Phi) is 5.99. The first-order chi connectivity index (χ1) is 12.3. The van der Waals surface area contributed by atoms with E-state index < -0.39 is 0 Å². The zero-order chi connectivity index (χ0) is 17.1. The average Bonchev–Trinajstić information content (AvgIpc) is 3.11. The first kappa shape index (κ1) is 18.5. The monoisotopic (exact) mass is 371 g/mol. The number of hydrogen-bond acceptors (Lipinski definition) is 4. The Morgan fingerprint density at radius 1 is 1.08 bits per heavy atom. The van der Waals surface area contributed by atoms with Crippen LogP contribution in [-0.2, 0) is 0 Å². The Balaban J connectivity index is 0.00000196. The van der Waals surface area contributed by atoms with Gasteiger partial charge in [-0.3, -0.25) is 0 Å². The van der Waals surface area contributed by atoms with E-state index in [0.29, 0.717) is 0 Å². The fraction of sp³-hybridized carbons (Fsp3) is 0.400. The number of anilines is 2. The summed E-state index contributed by atoms with van der Waals surface area (Å²) in [6, 6.07) is 12.5. The molecule has 1 aromatic carbocycles. The van der Waals surface area contributed by atoms with Gasteiger partial charge in [0.2, 0.25) is 5.95 Å². The number of hydrogen-bond donors (Lipinski definition) is 2. The normalized spacial score (nSPS) is 14.3. The molecule has 138 valence electrons. The zero-order valence-corrected chi connectivity index (χ0v) is 16.0. The number of H-pyrrole nitrogens is 1. The van der Waals surface area contributed by atoms with E-state index in [1.54, 1.807) is 0 Å². The van der Waals surface area contributed by atoms with Crippen molar-refractivity contribution in [2.24, 2.45) is 0 Å². The van der Waals surface area contributed by atoms with Crippen molar-refractivity contribution in [3.63, 3.8) is 0 Å². The van der Waals surface area contributed by atoms with Gasteiger partial charge in [0.15, 0.2) is 5.82 Å². The van der Waals surface area contributed by atoms with E-state index in [4.69, 9.17) is 9.97 Å². The number of piperidine rings is 1. The molecule has 0 aliphatic carbocycles. The Morgan fingerprint density at radius 3 is 2.58 bits per heavy atom. The first-order valence-corrected chi connectivity index (χ1v) is 9.30. The number of nitrogens with zero attached hydrogens (tertiary/aromatic N) is 3. The number of halogens is 1. The predicted octanol–water partition coefficient (Wildman–Crippen LogP) is 4.86. The van der Waals surface area contributed by atoms with Crippen LogP contribution in [0.2, 0.25) is 0 Å². The third-order valence-electron chi connectivity index (χ3n) is 4.73. The van der Waals surface area contributed by atoms with Crippen molar-refractivity contribution >= 4 is 35.2 Å². The zero-order valence-electron chi connectivity index (χ0n) is 15.2. The number of aromatic amines is 1. The molecule has 1 fully saturated rings. The number of nitrogens with one attached hydrogen (secondary N) is 2. The fourth-order valence-electron chi connectivity index (χ4n) is 3.42. The third kappa shape index (κ3) is 3.78. The number of aromatic nitrogens is 3. The van der Waals surface area contributed by atoms with Crippen LogP contribution in [0.15, 0.2) is 36.4 Å². The van der Waals surface area contributed by atoms with Crippen LogP contribution in [0.5, 0.6) is 0 Å². The van der Waals surface area contributed by atoms with Crippen molar-refractivity contribution in [2.75, 3.05) is 29.9 Å². The molecule has 1 saturated heterocycles. The summed E-state index contributed by atoms with van der Waals surface area (Å²) in [6.45, 7) is 5.18. The highest BCUT2D eigenvalue weighted by Gasteiger charge is 2.19. The smallest absolute Gasteiger partial charge is 0.225 e. The minimum absolute atomic E-state index is 0. The summed E-state index contributed by atoms with van der Waals surface area (Å²) in [5.74, 6) is 1.76. The number of fused-ring (bicyclic) bond motifs is 1. The maximum atomic E-state index is 4.84. The molecule has 6 heteroatoms. The Bertz CT molecular complexity index is 840. The number of benzene rings is 1. The van der Waals surface area contributed by atoms with Crippen molar-refractivity contribution < 1.29 is 0 Å². The van der Waals surface area contributed by atoms with Gasteiger partial charge in [-0.2, -0.15) is 4.98 Å². The molecule has 4 rings (SSSR count). The third-order valence-corrected chi connectivity index (χ3v) is 4.73. The molecule has 2 aromatic heterocycles. The largest absolute Gasteiger partial charge is 0.355 e. The highest BCUT2D eigenvalue weighted by atomic mass is 35.5. The molecule has 1 aliphatic rings. The van der Waals surface area contributed by atoms with E-state index in [1.807, 2.05) is 6.07 Å². The van der Waals surface area contributed by atoms with Gasteiger partial charge in [-0.1, -0.05) is 37.3 Å². The van der Waals surface area contributed by atoms with Crippen LogP contribution in [0.1, 0.15) is 32.6 Å². The number of rotatable bonds is 5. The van der Waals surface area contributed by atoms with Gasteiger partial charge in [-0.05, 0) is 37.3 Å². The molecule has 3 heterocycles. The lowest BCUT2D eigenvalue weighted by atomic mass is 10.1. The predicted molar refractivity (Wildman–Crippen MR) is 111 cm³/mol. The van der Waals surface area contributed by atoms with Crippen molar-refractivity contribution in [2.45, 2.75) is 32.6 Å². The molecule has 1 aliphatic heterocycles. The highest BCUT2D eigenvalue weighted by molar-refractivity contribution is 5.91. The second-order valence-corrected chi connectivity index (χ2v) is 6.65. The van der Waals surface area contributed by atoms with Gasteiger partial charge < -0.3 is 15.2 Å². The van der Waals surface area contributed by atoms with Crippen LogP contribution in [0, 0.1) is 0 Å². The van der Waals surface area contributed by atoms with E-state index in [1.165, 1.54) is 24.8 Å². The van der Waals surface area contributed by atoms with E-state index in [9.17, 15) is 0 Å². The van der Waals surface area contributed by atoms with Gasteiger partial charge in [-0.15, -0.1) is 12.4 Å². The van der Waals surface area contributed by atoms with Crippen molar-refractivity contribution in [1.82, 2.24) is 15.0 Å². The van der Waals surface area contributed by atoms with Gasteiger partial charge in [-0.25, -0.2) is 4.98 Å². The van der Waals surface area contributed by atoms with Gasteiger partial charge in [0.25, 0.3) is 0 Å². The summed E-state index contributed by atoms with van der Waals surface area (Å²) in [4.78, 5) is 15.5. The maximum Gasteiger partial charge on any atom is 0.225 e. The van der Waals surface area contributed by atoms with Gasteiger partial charge in [0.05, 0.1) is 5.52 Å². The molecule has 26 heavy (non-hydrogen) atoms. The molecule has 3 aromatic rings. The van der Waals surface area contributed by atoms with E-state index in [-0.39, 0.29) is 12.4 Å². The minimum atomic E-state index is 0. The van der Waals surface area contributed by atoms with Crippen molar-refractivity contribution in [1.29, 1.82) is 0 Å². The minimum Gasteiger partial charge on any atom is -0.355 e. The quantitative estimate of drug-likeness (QED) is 0.672. The van der Waals surface area contributed by atoms with Gasteiger partial charge >= 0.3 is 0 Å². The average molecular weight is 372 g/mol. The standard InChI is InChI=1S/C20H25N5.ClH/c1-2-11-21-20-23-17-14-16(15-9-5-3-6-10-15)22-18(17)19(24-20)25-12-7-4-8-13-25;/h3,5-6,9-10,14,22H,2,4,7-8,11-13H2,1H3,(H,21,23,24);1H. The molecule has 0 atom stereocenters. The molecular weight excluding hydrogens is 346 g/mol. The Morgan fingerprint density at radius 2 is 1.85 bits per heavy atom. The molecule has 0 radical (unpaired) electrons. The van der Waals surface area contributed by atoms with Crippen LogP contribution in [0.4, 0.5) is 11.8 Å². The molecule has 2 N–H and O–H groups in total. The summed E-state index contributed by atoms with van der Waals surface area (Å²) in [5, 5.41) is 3.35. The maximum absolute atomic E-state index is 4.84. The van der Waals surface area contributed by atoms with E-state index >= 15 is 0 Å². The lowest BCUT2D eigenvalue weighted by molar-refractivity contribution is 0.574. The molecule has 5 nitrogen and oxygen atoms in total. The van der Waals surface area contributed by atoms with Crippen LogP contribution in [-0.4, -0.2) is 34.6 Å². The highest BCUT2D eigenvalue weighted by Crippen LogP contribution is 2.31. The summed E-state index contributed by atoms with van der Waals surface area (Å²) in [5.41, 5.74) is 4.29. The fourth-order valence-corrected chi connectivity index (χ4v) is 3.42. The molecular formula is C20H26ClN5. The second-order valence-electron chi connectivity index (χ2n) is 6.65. The van der Waals surface area contributed by atoms with Crippen LogP contribution in [0.3, 0.4) is 0 Å². The lowest BCUT2D eigenvalue weighted by Crippen LogP contribution is -2.30. The molecule has 0 bridgehead atoms. The Hall–Kier alpha value is -2.27. The Labute approximate surface area is 160 Å². The van der Waals surface area contributed by atoms with Crippen molar-refractivity contribution in [3.05, 3.63) is 36.4 Å². The van der Waals surface area contributed by atoms with E-state index in [2.05, 4.69) is 52.5 Å².